The number of hydrogen-bond donors (Lipinski definition) is 2. The molecule has 2 N–H and O–H groups in total. The van der Waals surface area contributed by atoms with Gasteiger partial charge in [0.25, 0.3) is 0 Å². The zero-order valence-corrected chi connectivity index (χ0v) is 8.37. The molecular weight excluding hydrogens is 180 g/mol. The van der Waals surface area contributed by atoms with Crippen LogP contribution in [0.4, 0.5) is 0 Å². The Bertz CT molecular complexity index is 364. The predicted octanol–water partition coefficient (Wildman–Crippen LogP) is 1.65. The van der Waals surface area contributed by atoms with Crippen LogP contribution < -0.4 is 0 Å². The zero-order chi connectivity index (χ0) is 10.3. The average molecular weight is 194 g/mol. The Kier molecular flexibility index (Phi) is 1.87. The Morgan fingerprint density at radius 3 is 2.79 bits per heavy atom. The standard InChI is InChI=1S/C10H14N2O2/c1-10(2,9(13)14)7-5-11-12-8(7)6-3-4-6/h5-6H,3-4H2,1-2H3,(H,11,12)(H,13,14). The highest BCUT2D eigenvalue weighted by Crippen LogP contribution is 2.43. The van der Waals surface area contributed by atoms with Gasteiger partial charge in [-0.2, -0.15) is 5.10 Å². The van der Waals surface area contributed by atoms with Crippen LogP contribution in [0.25, 0.3) is 0 Å². The number of H-pyrrole nitrogens is 1. The number of carboxylic acids is 1. The fraction of sp³-hybridized carbons (Fsp3) is 0.600. The quantitative estimate of drug-likeness (QED) is 0.768. The maximum Gasteiger partial charge on any atom is 0.313 e. The van der Waals surface area contributed by atoms with Crippen LogP contribution in [0.5, 0.6) is 0 Å². The first-order chi connectivity index (χ1) is 6.53. The number of carboxylic acid groups (broad SMARTS) is 1. The molecule has 76 valence electrons. The van der Waals surface area contributed by atoms with Crippen LogP contribution in [0.2, 0.25) is 0 Å². The minimum Gasteiger partial charge on any atom is -0.481 e. The molecule has 14 heavy (non-hydrogen) atoms. The third-order valence-corrected chi connectivity index (χ3v) is 2.86. The maximum absolute atomic E-state index is 11.1. The molecule has 0 amide bonds. The van der Waals surface area contributed by atoms with Gasteiger partial charge in [0, 0.05) is 17.2 Å². The molecule has 1 heterocycles. The summed E-state index contributed by atoms with van der Waals surface area (Å²) < 4.78 is 0. The lowest BCUT2D eigenvalue weighted by molar-refractivity contribution is -0.142. The van der Waals surface area contributed by atoms with Crippen molar-refractivity contribution in [2.45, 2.75) is 38.0 Å². The third-order valence-electron chi connectivity index (χ3n) is 2.86. The van der Waals surface area contributed by atoms with Gasteiger partial charge in [-0.05, 0) is 26.7 Å². The second kappa shape index (κ2) is 2.83. The second-order valence-corrected chi connectivity index (χ2v) is 4.40. The molecule has 0 aromatic carbocycles. The highest BCUT2D eigenvalue weighted by Gasteiger charge is 2.37. The van der Waals surface area contributed by atoms with Crippen LogP contribution >= 0.6 is 0 Å². The van der Waals surface area contributed by atoms with Gasteiger partial charge in [-0.25, -0.2) is 0 Å². The first-order valence-corrected chi connectivity index (χ1v) is 4.80. The summed E-state index contributed by atoms with van der Waals surface area (Å²) in [6, 6.07) is 0. The highest BCUT2D eigenvalue weighted by molar-refractivity contribution is 5.80. The first kappa shape index (κ1) is 9.24. The van der Waals surface area contributed by atoms with E-state index in [0.29, 0.717) is 5.92 Å². The lowest BCUT2D eigenvalue weighted by Gasteiger charge is -2.18. The fourth-order valence-electron chi connectivity index (χ4n) is 1.59. The van der Waals surface area contributed by atoms with E-state index in [2.05, 4.69) is 10.2 Å². The minimum atomic E-state index is -0.842. The van der Waals surface area contributed by atoms with Crippen LogP contribution in [0, 0.1) is 0 Å². The van der Waals surface area contributed by atoms with Crippen molar-refractivity contribution in [2.75, 3.05) is 0 Å². The molecule has 1 aliphatic carbocycles. The van der Waals surface area contributed by atoms with Gasteiger partial charge in [-0.1, -0.05) is 0 Å². The molecule has 0 aliphatic heterocycles. The molecule has 4 nitrogen and oxygen atoms in total. The van der Waals surface area contributed by atoms with Gasteiger partial charge in [0.2, 0.25) is 0 Å². The molecule has 0 radical (unpaired) electrons. The van der Waals surface area contributed by atoms with Crippen molar-refractivity contribution in [3.05, 3.63) is 17.5 Å². The van der Waals surface area contributed by atoms with Crippen molar-refractivity contribution < 1.29 is 9.90 Å². The smallest absolute Gasteiger partial charge is 0.313 e. The normalized spacial score (nSPS) is 17.0. The van der Waals surface area contributed by atoms with Crippen LogP contribution in [0.3, 0.4) is 0 Å². The molecule has 1 fully saturated rings. The van der Waals surface area contributed by atoms with Crippen LogP contribution in [0.15, 0.2) is 6.20 Å². The number of nitrogens with one attached hydrogen (secondary N) is 1. The van der Waals surface area contributed by atoms with E-state index < -0.39 is 11.4 Å². The summed E-state index contributed by atoms with van der Waals surface area (Å²) in [5.74, 6) is -0.299. The van der Waals surface area contributed by atoms with Crippen molar-refractivity contribution >= 4 is 5.97 Å². The Morgan fingerprint density at radius 1 is 1.64 bits per heavy atom. The fourth-order valence-corrected chi connectivity index (χ4v) is 1.59. The SMILES string of the molecule is CC(C)(C(=O)O)c1cn[nH]c1C1CC1. The van der Waals surface area contributed by atoms with E-state index in [4.69, 9.17) is 5.11 Å². The molecule has 0 spiro atoms. The number of nitrogens with zero attached hydrogens (tertiary/aromatic N) is 1. The van der Waals surface area contributed by atoms with E-state index in [1.54, 1.807) is 20.0 Å². The summed E-state index contributed by atoms with van der Waals surface area (Å²) in [7, 11) is 0. The first-order valence-electron chi connectivity index (χ1n) is 4.80. The summed E-state index contributed by atoms with van der Waals surface area (Å²) in [6.45, 7) is 3.43. The molecule has 1 aliphatic rings. The van der Waals surface area contributed by atoms with Crippen LogP contribution in [0.1, 0.15) is 43.9 Å². The summed E-state index contributed by atoms with van der Waals surface area (Å²) in [6.07, 6.45) is 3.93. The van der Waals surface area contributed by atoms with Gasteiger partial charge in [0.15, 0.2) is 0 Å². The van der Waals surface area contributed by atoms with E-state index in [-0.39, 0.29) is 0 Å². The Labute approximate surface area is 82.3 Å². The van der Waals surface area contributed by atoms with Gasteiger partial charge in [0.1, 0.15) is 0 Å². The molecule has 1 saturated carbocycles. The Morgan fingerprint density at radius 2 is 2.29 bits per heavy atom. The number of carbonyl (C=O) groups is 1. The van der Waals surface area contributed by atoms with Gasteiger partial charge >= 0.3 is 5.97 Å². The lowest BCUT2D eigenvalue weighted by atomic mass is 9.84. The molecule has 0 bridgehead atoms. The molecule has 1 aromatic rings. The van der Waals surface area contributed by atoms with Crippen LogP contribution in [-0.4, -0.2) is 21.3 Å². The zero-order valence-electron chi connectivity index (χ0n) is 8.37. The predicted molar refractivity (Wildman–Crippen MR) is 51.2 cm³/mol. The van der Waals surface area contributed by atoms with Crippen LogP contribution in [-0.2, 0) is 10.2 Å². The Balaban J connectivity index is 2.39. The number of aromatic nitrogens is 2. The van der Waals surface area contributed by atoms with E-state index in [0.717, 1.165) is 24.1 Å². The summed E-state index contributed by atoms with van der Waals surface area (Å²) in [5, 5.41) is 16.0. The average Bonchev–Trinajstić information content (AvgIpc) is 2.83. The molecule has 0 saturated heterocycles. The van der Waals surface area contributed by atoms with E-state index in [9.17, 15) is 4.79 Å². The van der Waals surface area contributed by atoms with Gasteiger partial charge in [0.05, 0.1) is 11.6 Å². The van der Waals surface area contributed by atoms with Crippen molar-refractivity contribution in [2.24, 2.45) is 0 Å². The number of aromatic amines is 1. The van der Waals surface area contributed by atoms with Crippen molar-refractivity contribution in [3.8, 4) is 0 Å². The summed E-state index contributed by atoms with van der Waals surface area (Å²) in [4.78, 5) is 11.1. The van der Waals surface area contributed by atoms with Crippen molar-refractivity contribution in [1.82, 2.24) is 10.2 Å². The van der Waals surface area contributed by atoms with Crippen molar-refractivity contribution in [3.63, 3.8) is 0 Å². The number of rotatable bonds is 3. The molecule has 0 unspecified atom stereocenters. The highest BCUT2D eigenvalue weighted by atomic mass is 16.4. The molecule has 2 rings (SSSR count). The van der Waals surface area contributed by atoms with Crippen molar-refractivity contribution in [1.29, 1.82) is 0 Å². The van der Waals surface area contributed by atoms with Gasteiger partial charge < -0.3 is 5.11 Å². The Hall–Kier alpha value is -1.32. The van der Waals surface area contributed by atoms with E-state index >= 15 is 0 Å². The molecule has 1 aromatic heterocycles. The van der Waals surface area contributed by atoms with E-state index in [1.807, 2.05) is 0 Å². The molecule has 0 atom stereocenters. The summed E-state index contributed by atoms with van der Waals surface area (Å²) in [5.41, 5.74) is 0.996. The monoisotopic (exact) mass is 194 g/mol. The number of hydrogen-bond acceptors (Lipinski definition) is 2. The number of aliphatic carboxylic acids is 1. The summed E-state index contributed by atoms with van der Waals surface area (Å²) >= 11 is 0. The largest absolute Gasteiger partial charge is 0.481 e. The van der Waals surface area contributed by atoms with E-state index in [1.165, 1.54) is 0 Å². The topological polar surface area (TPSA) is 66.0 Å². The van der Waals surface area contributed by atoms with Gasteiger partial charge in [-0.15, -0.1) is 0 Å². The third kappa shape index (κ3) is 1.31. The maximum atomic E-state index is 11.1. The second-order valence-electron chi connectivity index (χ2n) is 4.40. The molecular formula is C10H14N2O2. The lowest BCUT2D eigenvalue weighted by Crippen LogP contribution is -2.29. The minimum absolute atomic E-state index is 0.506. The van der Waals surface area contributed by atoms with Gasteiger partial charge in [-0.3, -0.25) is 9.89 Å². The molecule has 4 heteroatoms.